The van der Waals surface area contributed by atoms with Gasteiger partial charge in [0.05, 0.1) is 11.9 Å². The number of para-hydroxylation sites is 1. The second-order valence-electron chi connectivity index (χ2n) is 3.96. The van der Waals surface area contributed by atoms with Crippen molar-refractivity contribution >= 4 is 23.2 Å². The highest BCUT2D eigenvalue weighted by molar-refractivity contribution is 7.98. The molecule has 0 radical (unpaired) electrons. The number of aromatic nitrogens is 3. The van der Waals surface area contributed by atoms with Crippen LogP contribution in [0.25, 0.3) is 5.78 Å². The number of H-pyrrole nitrogens is 1. The largest absolute Gasteiger partial charge is 0.400 e. The van der Waals surface area contributed by atoms with E-state index >= 15 is 0 Å². The van der Waals surface area contributed by atoms with Gasteiger partial charge in [0.2, 0.25) is 0 Å². The summed E-state index contributed by atoms with van der Waals surface area (Å²) in [4.78, 5) is 8.63. The van der Waals surface area contributed by atoms with Crippen molar-refractivity contribution in [2.75, 3.05) is 5.73 Å². The number of fused-ring (bicyclic) bond motifs is 1. The molecule has 0 bridgehead atoms. The lowest BCUT2D eigenvalue weighted by Crippen LogP contribution is -2.17. The zero-order chi connectivity index (χ0) is 12.4. The molecule has 0 aliphatic heterocycles. The molecule has 3 rings (SSSR count). The molecular weight excluding hydrogens is 244 g/mol. The Kier molecular flexibility index (Phi) is 2.90. The number of hydrogen-bond donors (Lipinski definition) is 2. The molecule has 90 valence electrons. The van der Waals surface area contributed by atoms with E-state index in [-0.39, 0.29) is 0 Å². The zero-order valence-corrected chi connectivity index (χ0v) is 10.5. The number of imidazole rings is 1. The topological polar surface area (TPSA) is 58.8 Å². The highest BCUT2D eigenvalue weighted by Gasteiger charge is 2.08. The van der Waals surface area contributed by atoms with E-state index in [1.807, 2.05) is 40.9 Å². The van der Waals surface area contributed by atoms with Crippen LogP contribution in [0.2, 0.25) is 0 Å². The summed E-state index contributed by atoms with van der Waals surface area (Å²) in [5.74, 6) is 1.70. The number of rotatable bonds is 3. The van der Waals surface area contributed by atoms with Gasteiger partial charge in [-0.1, -0.05) is 17.1 Å². The van der Waals surface area contributed by atoms with Crippen molar-refractivity contribution in [3.63, 3.8) is 0 Å². The third kappa shape index (κ3) is 2.17. The van der Waals surface area contributed by atoms with Gasteiger partial charge in [0.1, 0.15) is 18.1 Å². The molecule has 2 aromatic heterocycles. The molecule has 0 spiro atoms. The van der Waals surface area contributed by atoms with Gasteiger partial charge in [-0.3, -0.25) is 0 Å². The second kappa shape index (κ2) is 4.70. The molecule has 5 heteroatoms. The van der Waals surface area contributed by atoms with E-state index in [4.69, 9.17) is 5.73 Å². The number of anilines is 1. The van der Waals surface area contributed by atoms with Crippen LogP contribution < -0.4 is 10.1 Å². The van der Waals surface area contributed by atoms with Crippen LogP contribution >= 0.6 is 11.8 Å². The minimum atomic E-state index is 0.824. The fraction of sp³-hybridized carbons (Fsp3) is 0.0769. The van der Waals surface area contributed by atoms with Gasteiger partial charge in [-0.25, -0.2) is 9.38 Å². The smallest absolute Gasteiger partial charge is 0.398 e. The molecule has 2 heterocycles. The van der Waals surface area contributed by atoms with E-state index in [9.17, 15) is 0 Å². The Labute approximate surface area is 109 Å². The lowest BCUT2D eigenvalue weighted by atomic mass is 10.3. The van der Waals surface area contributed by atoms with Crippen LogP contribution in [-0.2, 0) is 5.75 Å². The first-order valence-electron chi connectivity index (χ1n) is 5.64. The minimum Gasteiger partial charge on any atom is -0.398 e. The fourth-order valence-corrected chi connectivity index (χ4v) is 2.63. The number of nitrogens with zero attached hydrogens (tertiary/aromatic N) is 2. The third-order valence-electron chi connectivity index (χ3n) is 2.64. The van der Waals surface area contributed by atoms with Gasteiger partial charge in [0.25, 0.3) is 0 Å². The summed E-state index contributed by atoms with van der Waals surface area (Å²) in [6.45, 7) is 0. The maximum Gasteiger partial charge on any atom is 0.400 e. The summed E-state index contributed by atoms with van der Waals surface area (Å²) in [5, 5.41) is 0. The highest BCUT2D eigenvalue weighted by atomic mass is 32.2. The summed E-state index contributed by atoms with van der Waals surface area (Å²) in [6.07, 6.45) is 5.80. The van der Waals surface area contributed by atoms with Gasteiger partial charge >= 0.3 is 5.78 Å². The van der Waals surface area contributed by atoms with E-state index in [1.54, 1.807) is 18.0 Å². The van der Waals surface area contributed by atoms with E-state index in [1.165, 1.54) is 0 Å². The molecule has 0 saturated carbocycles. The minimum absolute atomic E-state index is 0.824. The first-order chi connectivity index (χ1) is 8.83. The van der Waals surface area contributed by atoms with Crippen LogP contribution in [0.5, 0.6) is 0 Å². The Balaban J connectivity index is 1.79. The number of nitrogens with two attached hydrogens (primary N) is 1. The number of nitrogens with one attached hydrogen (secondary N) is 1. The normalized spacial score (nSPS) is 10.9. The first kappa shape index (κ1) is 11.1. The van der Waals surface area contributed by atoms with Gasteiger partial charge in [0, 0.05) is 16.6 Å². The summed E-state index contributed by atoms with van der Waals surface area (Å²) in [5.41, 5.74) is 7.86. The Morgan fingerprint density at radius 2 is 2.17 bits per heavy atom. The fourth-order valence-electron chi connectivity index (χ4n) is 1.77. The van der Waals surface area contributed by atoms with Crippen LogP contribution in [0, 0.1) is 0 Å². The number of aromatic amines is 1. The van der Waals surface area contributed by atoms with E-state index < -0.39 is 0 Å². The van der Waals surface area contributed by atoms with Crippen LogP contribution in [-0.4, -0.2) is 9.97 Å². The molecular formula is C13H13N4S+. The van der Waals surface area contributed by atoms with Gasteiger partial charge < -0.3 is 5.73 Å². The molecule has 4 nitrogen and oxygen atoms in total. The highest BCUT2D eigenvalue weighted by Crippen LogP contribution is 2.26. The van der Waals surface area contributed by atoms with Crippen molar-refractivity contribution < 1.29 is 4.40 Å². The lowest BCUT2D eigenvalue weighted by Gasteiger charge is -2.01. The molecule has 0 unspecified atom stereocenters. The van der Waals surface area contributed by atoms with Crippen molar-refractivity contribution in [2.24, 2.45) is 0 Å². The Hall–Kier alpha value is -2.01. The Morgan fingerprint density at radius 3 is 3.00 bits per heavy atom. The van der Waals surface area contributed by atoms with Crippen molar-refractivity contribution in [3.05, 3.63) is 54.6 Å². The second-order valence-corrected chi connectivity index (χ2v) is 4.97. The number of nitrogen functional groups attached to an aromatic ring is 1. The van der Waals surface area contributed by atoms with Crippen molar-refractivity contribution in [2.45, 2.75) is 10.6 Å². The van der Waals surface area contributed by atoms with Gasteiger partial charge in [0.15, 0.2) is 0 Å². The van der Waals surface area contributed by atoms with E-state index in [0.29, 0.717) is 0 Å². The Bertz CT molecular complexity index is 644. The maximum atomic E-state index is 5.91. The number of benzene rings is 1. The van der Waals surface area contributed by atoms with Gasteiger partial charge in [-0.05, 0) is 12.1 Å². The maximum absolute atomic E-state index is 5.91. The molecule has 0 aliphatic carbocycles. The molecule has 1 aromatic carbocycles. The molecule has 0 saturated heterocycles. The number of hydrogen-bond acceptors (Lipinski definition) is 3. The van der Waals surface area contributed by atoms with Gasteiger partial charge in [-0.15, -0.1) is 11.8 Å². The van der Waals surface area contributed by atoms with Gasteiger partial charge in [-0.2, -0.15) is 0 Å². The lowest BCUT2D eigenvalue weighted by molar-refractivity contribution is -0.512. The Morgan fingerprint density at radius 1 is 1.28 bits per heavy atom. The third-order valence-corrected chi connectivity index (χ3v) is 3.78. The van der Waals surface area contributed by atoms with Crippen LogP contribution in [0.15, 0.2) is 53.8 Å². The number of thioether (sulfide) groups is 1. The molecule has 0 atom stereocenters. The van der Waals surface area contributed by atoms with Crippen molar-refractivity contribution in [1.82, 2.24) is 9.97 Å². The standard InChI is InChI=1S/C13H12N4S/c14-11-4-1-2-5-12(11)18-9-10-8-17-7-3-6-15-13(17)16-10/h1-8H,9,14H2/p+1. The molecule has 3 aromatic rings. The average Bonchev–Trinajstić information content (AvgIpc) is 2.80. The average molecular weight is 257 g/mol. The molecule has 3 N–H and O–H groups in total. The molecule has 0 amide bonds. The van der Waals surface area contributed by atoms with Crippen molar-refractivity contribution in [1.29, 1.82) is 0 Å². The monoisotopic (exact) mass is 257 g/mol. The van der Waals surface area contributed by atoms with Crippen LogP contribution in [0.4, 0.5) is 5.69 Å². The first-order valence-corrected chi connectivity index (χ1v) is 6.63. The zero-order valence-electron chi connectivity index (χ0n) is 9.71. The van der Waals surface area contributed by atoms with E-state index in [2.05, 4.69) is 16.2 Å². The predicted molar refractivity (Wildman–Crippen MR) is 72.2 cm³/mol. The molecule has 0 fully saturated rings. The van der Waals surface area contributed by atoms with Crippen LogP contribution in [0.1, 0.15) is 5.69 Å². The quantitative estimate of drug-likeness (QED) is 0.429. The van der Waals surface area contributed by atoms with E-state index in [0.717, 1.165) is 27.8 Å². The SMILES string of the molecule is Nc1ccccc1SCc1c[n+]2cccnc2[nH]1. The molecule has 0 aliphatic rings. The van der Waals surface area contributed by atoms with Crippen molar-refractivity contribution in [3.8, 4) is 0 Å². The predicted octanol–water partition coefficient (Wildman–Crippen LogP) is 2.02. The summed E-state index contributed by atoms with van der Waals surface area (Å²) in [6, 6.07) is 9.81. The summed E-state index contributed by atoms with van der Waals surface area (Å²) < 4.78 is 1.98. The summed E-state index contributed by atoms with van der Waals surface area (Å²) in [7, 11) is 0. The van der Waals surface area contributed by atoms with Crippen LogP contribution in [0.3, 0.4) is 0 Å². The summed E-state index contributed by atoms with van der Waals surface area (Å²) >= 11 is 1.72. The molecule has 18 heavy (non-hydrogen) atoms.